The van der Waals surface area contributed by atoms with Crippen LogP contribution in [0.1, 0.15) is 71.8 Å². The highest BCUT2D eigenvalue weighted by atomic mass is 16.6. The molecule has 0 atom stereocenters. The number of hydrogen-bond acceptors (Lipinski definition) is 3. The van der Waals surface area contributed by atoms with Crippen molar-refractivity contribution in [3.63, 3.8) is 0 Å². The number of nitrogens with zero attached hydrogens (tertiary/aromatic N) is 1. The standard InChI is InChI=1S/C21H33N3O2/c1-14(2)16-7-6-8-18(13-16)24-20(22)23-17-11-9-15(10-12-17)19(25)26-21(3,4)5/h6-8,13-15,17H,9-12H2,1-5H3,(H3,22,23,24). The van der Waals surface area contributed by atoms with E-state index in [9.17, 15) is 4.79 Å². The summed E-state index contributed by atoms with van der Waals surface area (Å²) in [6.45, 7) is 10.0. The van der Waals surface area contributed by atoms with Crippen molar-refractivity contribution in [2.24, 2.45) is 16.6 Å². The van der Waals surface area contributed by atoms with Crippen LogP contribution in [0.3, 0.4) is 0 Å². The molecule has 1 saturated carbocycles. The molecule has 26 heavy (non-hydrogen) atoms. The molecular weight excluding hydrogens is 326 g/mol. The number of nitrogens with one attached hydrogen (secondary N) is 1. The number of carbonyl (C=O) groups excluding carboxylic acids is 1. The van der Waals surface area contributed by atoms with Crippen LogP contribution in [0.2, 0.25) is 0 Å². The Balaban J connectivity index is 1.87. The second kappa shape index (κ2) is 8.56. The summed E-state index contributed by atoms with van der Waals surface area (Å²) in [7, 11) is 0. The van der Waals surface area contributed by atoms with Gasteiger partial charge in [0.2, 0.25) is 0 Å². The first kappa shape index (κ1) is 20.3. The molecule has 3 N–H and O–H groups in total. The normalized spacial score (nSPS) is 21.5. The molecule has 0 unspecified atom stereocenters. The van der Waals surface area contributed by atoms with Crippen LogP contribution in [-0.2, 0) is 9.53 Å². The van der Waals surface area contributed by atoms with Gasteiger partial charge in [0, 0.05) is 5.69 Å². The third-order valence-corrected chi connectivity index (χ3v) is 4.58. The number of carbonyl (C=O) groups is 1. The number of ether oxygens (including phenoxy) is 1. The van der Waals surface area contributed by atoms with Gasteiger partial charge in [-0.3, -0.25) is 4.79 Å². The number of nitrogens with two attached hydrogens (primary N) is 1. The number of hydrogen-bond donors (Lipinski definition) is 2. The molecule has 2 rings (SSSR count). The molecule has 0 saturated heterocycles. The first-order chi connectivity index (χ1) is 12.1. The van der Waals surface area contributed by atoms with Crippen LogP contribution >= 0.6 is 0 Å². The molecule has 0 radical (unpaired) electrons. The van der Waals surface area contributed by atoms with Gasteiger partial charge in [0.05, 0.1) is 12.0 Å². The zero-order valence-electron chi connectivity index (χ0n) is 16.7. The summed E-state index contributed by atoms with van der Waals surface area (Å²) in [6, 6.07) is 8.40. The van der Waals surface area contributed by atoms with Gasteiger partial charge in [-0.15, -0.1) is 0 Å². The molecule has 1 aromatic rings. The quantitative estimate of drug-likeness (QED) is 0.473. The Bertz CT molecular complexity index is 639. The highest BCUT2D eigenvalue weighted by Gasteiger charge is 2.29. The third kappa shape index (κ3) is 6.36. The summed E-state index contributed by atoms with van der Waals surface area (Å²) in [5.41, 5.74) is 7.88. The average molecular weight is 360 g/mol. The van der Waals surface area contributed by atoms with Crippen molar-refractivity contribution >= 4 is 17.6 Å². The van der Waals surface area contributed by atoms with E-state index in [-0.39, 0.29) is 17.9 Å². The van der Waals surface area contributed by atoms with E-state index in [0.29, 0.717) is 11.9 Å². The molecule has 1 aromatic carbocycles. The zero-order valence-corrected chi connectivity index (χ0v) is 16.7. The van der Waals surface area contributed by atoms with Crippen molar-refractivity contribution < 1.29 is 9.53 Å². The molecule has 0 aromatic heterocycles. The van der Waals surface area contributed by atoms with Gasteiger partial charge >= 0.3 is 5.97 Å². The van der Waals surface area contributed by atoms with Crippen LogP contribution in [0.25, 0.3) is 0 Å². The lowest BCUT2D eigenvalue weighted by molar-refractivity contribution is -0.161. The van der Waals surface area contributed by atoms with Crippen molar-refractivity contribution in [2.45, 2.75) is 77.9 Å². The highest BCUT2D eigenvalue weighted by molar-refractivity contribution is 5.92. The van der Waals surface area contributed by atoms with Gasteiger partial charge in [0.25, 0.3) is 0 Å². The van der Waals surface area contributed by atoms with Crippen molar-refractivity contribution in [3.05, 3.63) is 29.8 Å². The van der Waals surface area contributed by atoms with Gasteiger partial charge in [0.1, 0.15) is 5.60 Å². The summed E-state index contributed by atoms with van der Waals surface area (Å²) in [5.74, 6) is 0.804. The molecule has 0 bridgehead atoms. The molecule has 0 spiro atoms. The fraction of sp³-hybridized carbons (Fsp3) is 0.619. The molecule has 0 aliphatic heterocycles. The van der Waals surface area contributed by atoms with Crippen molar-refractivity contribution in [1.82, 2.24) is 0 Å². The lowest BCUT2D eigenvalue weighted by atomic mass is 9.86. The minimum Gasteiger partial charge on any atom is -0.460 e. The SMILES string of the molecule is CC(C)c1cccc(NC(N)=NC2CCC(C(=O)OC(C)(C)C)CC2)c1. The average Bonchev–Trinajstić information content (AvgIpc) is 2.54. The number of anilines is 1. The second-order valence-electron chi connectivity index (χ2n) is 8.46. The Morgan fingerprint density at radius 1 is 1.23 bits per heavy atom. The Morgan fingerprint density at radius 2 is 1.88 bits per heavy atom. The van der Waals surface area contributed by atoms with Gasteiger partial charge < -0.3 is 15.8 Å². The third-order valence-electron chi connectivity index (χ3n) is 4.58. The molecule has 1 aliphatic rings. The molecule has 5 heteroatoms. The summed E-state index contributed by atoms with van der Waals surface area (Å²) >= 11 is 0. The van der Waals surface area contributed by atoms with E-state index in [1.165, 1.54) is 5.56 Å². The van der Waals surface area contributed by atoms with Gasteiger partial charge in [-0.1, -0.05) is 26.0 Å². The number of aliphatic imine (C=N–C) groups is 1. The number of guanidine groups is 1. The summed E-state index contributed by atoms with van der Waals surface area (Å²) in [6.07, 6.45) is 3.33. The van der Waals surface area contributed by atoms with Crippen molar-refractivity contribution in [1.29, 1.82) is 0 Å². The maximum absolute atomic E-state index is 12.2. The summed E-state index contributed by atoms with van der Waals surface area (Å²) in [4.78, 5) is 16.8. The Kier molecular flexibility index (Phi) is 6.68. The first-order valence-electron chi connectivity index (χ1n) is 9.57. The number of benzene rings is 1. The zero-order chi connectivity index (χ0) is 19.3. The van der Waals surface area contributed by atoms with E-state index in [0.717, 1.165) is 31.4 Å². The van der Waals surface area contributed by atoms with E-state index < -0.39 is 5.60 Å². The van der Waals surface area contributed by atoms with Crippen LogP contribution in [-0.4, -0.2) is 23.6 Å². The molecule has 0 amide bonds. The van der Waals surface area contributed by atoms with Crippen LogP contribution in [0.4, 0.5) is 5.69 Å². The lowest BCUT2D eigenvalue weighted by Crippen LogP contribution is -2.32. The number of rotatable bonds is 4. The Hall–Kier alpha value is -2.04. The van der Waals surface area contributed by atoms with Gasteiger partial charge in [-0.25, -0.2) is 4.99 Å². The van der Waals surface area contributed by atoms with Gasteiger partial charge in [-0.2, -0.15) is 0 Å². The largest absolute Gasteiger partial charge is 0.460 e. The molecule has 144 valence electrons. The molecule has 0 heterocycles. The Morgan fingerprint density at radius 3 is 2.46 bits per heavy atom. The fourth-order valence-corrected chi connectivity index (χ4v) is 3.18. The maximum atomic E-state index is 12.2. The van der Waals surface area contributed by atoms with E-state index >= 15 is 0 Å². The lowest BCUT2D eigenvalue weighted by Gasteiger charge is -2.28. The van der Waals surface area contributed by atoms with Crippen LogP contribution in [0.15, 0.2) is 29.3 Å². The minimum absolute atomic E-state index is 0.0161. The Labute approximate surface area is 157 Å². The predicted molar refractivity (Wildman–Crippen MR) is 107 cm³/mol. The van der Waals surface area contributed by atoms with E-state index in [2.05, 4.69) is 36.3 Å². The van der Waals surface area contributed by atoms with Crippen LogP contribution in [0.5, 0.6) is 0 Å². The van der Waals surface area contributed by atoms with Gasteiger partial charge in [0.15, 0.2) is 5.96 Å². The van der Waals surface area contributed by atoms with Crippen molar-refractivity contribution in [3.8, 4) is 0 Å². The molecule has 1 fully saturated rings. The van der Waals surface area contributed by atoms with Crippen LogP contribution < -0.4 is 11.1 Å². The van der Waals surface area contributed by atoms with Crippen molar-refractivity contribution in [2.75, 3.05) is 5.32 Å². The molecule has 1 aliphatic carbocycles. The van der Waals surface area contributed by atoms with E-state index in [1.54, 1.807) is 0 Å². The van der Waals surface area contributed by atoms with E-state index in [4.69, 9.17) is 10.5 Å². The fourth-order valence-electron chi connectivity index (χ4n) is 3.18. The smallest absolute Gasteiger partial charge is 0.309 e. The first-order valence-corrected chi connectivity index (χ1v) is 9.57. The topological polar surface area (TPSA) is 76.7 Å². The number of esters is 1. The van der Waals surface area contributed by atoms with E-state index in [1.807, 2.05) is 32.9 Å². The highest BCUT2D eigenvalue weighted by Crippen LogP contribution is 2.28. The van der Waals surface area contributed by atoms with Gasteiger partial charge in [-0.05, 0) is 70.1 Å². The summed E-state index contributed by atoms with van der Waals surface area (Å²) < 4.78 is 5.49. The van der Waals surface area contributed by atoms with Crippen LogP contribution in [0, 0.1) is 5.92 Å². The monoisotopic (exact) mass is 359 g/mol. The predicted octanol–water partition coefficient (Wildman–Crippen LogP) is 4.44. The summed E-state index contributed by atoms with van der Waals surface area (Å²) in [5, 5.41) is 3.19. The minimum atomic E-state index is -0.426. The molecular formula is C21H33N3O2. The second-order valence-corrected chi connectivity index (χ2v) is 8.46. The maximum Gasteiger partial charge on any atom is 0.309 e. The molecule has 5 nitrogen and oxygen atoms in total.